The van der Waals surface area contributed by atoms with Gasteiger partial charge in [0.05, 0.1) is 7.11 Å². The number of halogens is 1. The van der Waals surface area contributed by atoms with Crippen LogP contribution in [0.25, 0.3) is 0 Å². The normalized spacial score (nSPS) is 10.0. The average molecular weight is 230 g/mol. The molecule has 0 bridgehead atoms. The zero-order chi connectivity index (χ0) is 9.14. The summed E-state index contributed by atoms with van der Waals surface area (Å²) in [5.74, 6) is 0.879. The van der Waals surface area contributed by atoms with E-state index in [2.05, 4.69) is 15.9 Å². The van der Waals surface area contributed by atoms with Crippen LogP contribution in [0.4, 0.5) is 0 Å². The second kappa shape index (κ2) is 3.92. The smallest absolute Gasteiger partial charge is 0.123 e. The van der Waals surface area contributed by atoms with Crippen LogP contribution in [0.2, 0.25) is 0 Å². The van der Waals surface area contributed by atoms with Gasteiger partial charge >= 0.3 is 0 Å². The summed E-state index contributed by atoms with van der Waals surface area (Å²) < 4.78 is 6.19. The molecule has 0 spiro atoms. The van der Waals surface area contributed by atoms with E-state index in [0.717, 1.165) is 21.3 Å². The van der Waals surface area contributed by atoms with E-state index in [1.165, 1.54) is 0 Å². The molecule has 1 aromatic rings. The molecule has 3 heteroatoms. The summed E-state index contributed by atoms with van der Waals surface area (Å²) in [4.78, 5) is 0. The van der Waals surface area contributed by atoms with Crippen LogP contribution < -0.4 is 10.5 Å². The van der Waals surface area contributed by atoms with Crippen LogP contribution in [-0.4, -0.2) is 7.11 Å². The van der Waals surface area contributed by atoms with Crippen LogP contribution in [0.15, 0.2) is 16.6 Å². The van der Waals surface area contributed by atoms with Crippen LogP contribution in [0, 0.1) is 6.92 Å². The first-order valence-electron chi connectivity index (χ1n) is 3.72. The van der Waals surface area contributed by atoms with Gasteiger partial charge in [-0.15, -0.1) is 0 Å². The molecular weight excluding hydrogens is 218 g/mol. The molecule has 12 heavy (non-hydrogen) atoms. The monoisotopic (exact) mass is 229 g/mol. The molecule has 2 N–H and O–H groups in total. The molecule has 0 saturated heterocycles. The largest absolute Gasteiger partial charge is 0.496 e. The Morgan fingerprint density at radius 1 is 1.50 bits per heavy atom. The van der Waals surface area contributed by atoms with Crippen molar-refractivity contribution in [1.29, 1.82) is 0 Å². The maximum atomic E-state index is 5.57. The first kappa shape index (κ1) is 9.55. The van der Waals surface area contributed by atoms with Gasteiger partial charge in [0.1, 0.15) is 5.75 Å². The van der Waals surface area contributed by atoms with Gasteiger partial charge in [0.2, 0.25) is 0 Å². The summed E-state index contributed by atoms with van der Waals surface area (Å²) >= 11 is 3.39. The average Bonchev–Trinajstić information content (AvgIpc) is 2.08. The van der Waals surface area contributed by atoms with Crippen molar-refractivity contribution in [3.05, 3.63) is 27.7 Å². The van der Waals surface area contributed by atoms with E-state index in [-0.39, 0.29) is 0 Å². The van der Waals surface area contributed by atoms with Crippen LogP contribution in [0.1, 0.15) is 11.1 Å². The summed E-state index contributed by atoms with van der Waals surface area (Å²) in [5.41, 5.74) is 7.79. The molecule has 2 nitrogen and oxygen atoms in total. The predicted octanol–water partition coefficient (Wildman–Crippen LogP) is 2.22. The fourth-order valence-corrected chi connectivity index (χ4v) is 1.62. The second-order valence-electron chi connectivity index (χ2n) is 2.60. The lowest BCUT2D eigenvalue weighted by atomic mass is 10.1. The molecule has 66 valence electrons. The van der Waals surface area contributed by atoms with Crippen molar-refractivity contribution >= 4 is 15.9 Å². The minimum absolute atomic E-state index is 0.543. The molecule has 0 saturated carbocycles. The number of nitrogens with two attached hydrogens (primary N) is 1. The van der Waals surface area contributed by atoms with Crippen molar-refractivity contribution in [3.63, 3.8) is 0 Å². The SMILES string of the molecule is COc1cc(Br)cc(CN)c1C. The molecule has 0 atom stereocenters. The first-order valence-corrected chi connectivity index (χ1v) is 4.51. The van der Waals surface area contributed by atoms with Gasteiger partial charge in [-0.3, -0.25) is 0 Å². The quantitative estimate of drug-likeness (QED) is 0.845. The Kier molecular flexibility index (Phi) is 3.12. The highest BCUT2D eigenvalue weighted by atomic mass is 79.9. The molecule has 0 fully saturated rings. The van der Waals surface area contributed by atoms with E-state index < -0.39 is 0 Å². The summed E-state index contributed by atoms with van der Waals surface area (Å²) in [6.45, 7) is 2.55. The van der Waals surface area contributed by atoms with Gasteiger partial charge in [-0.05, 0) is 30.2 Å². The van der Waals surface area contributed by atoms with Gasteiger partial charge in [-0.25, -0.2) is 0 Å². The summed E-state index contributed by atoms with van der Waals surface area (Å²) in [6, 6.07) is 3.95. The third kappa shape index (κ3) is 1.79. The number of hydrogen-bond donors (Lipinski definition) is 1. The Labute approximate surface area is 80.8 Å². The van der Waals surface area contributed by atoms with Crippen molar-refractivity contribution in [2.45, 2.75) is 13.5 Å². The third-order valence-electron chi connectivity index (χ3n) is 1.87. The van der Waals surface area contributed by atoms with E-state index in [1.54, 1.807) is 7.11 Å². The fraction of sp³-hybridized carbons (Fsp3) is 0.333. The molecule has 0 unspecified atom stereocenters. The van der Waals surface area contributed by atoms with E-state index >= 15 is 0 Å². The zero-order valence-corrected chi connectivity index (χ0v) is 8.81. The molecule has 0 amide bonds. The zero-order valence-electron chi connectivity index (χ0n) is 7.23. The molecule has 1 aromatic carbocycles. The van der Waals surface area contributed by atoms with Crippen LogP contribution in [-0.2, 0) is 6.54 Å². The maximum absolute atomic E-state index is 5.57. The maximum Gasteiger partial charge on any atom is 0.123 e. The first-order chi connectivity index (χ1) is 5.69. The molecule has 0 heterocycles. The van der Waals surface area contributed by atoms with Crippen LogP contribution >= 0.6 is 15.9 Å². The van der Waals surface area contributed by atoms with Gasteiger partial charge in [0.25, 0.3) is 0 Å². The number of rotatable bonds is 2. The van der Waals surface area contributed by atoms with E-state index in [9.17, 15) is 0 Å². The van der Waals surface area contributed by atoms with Crippen molar-refractivity contribution in [2.24, 2.45) is 5.73 Å². The second-order valence-corrected chi connectivity index (χ2v) is 3.51. The molecular formula is C9H12BrNO. The Balaban J connectivity index is 3.22. The Morgan fingerprint density at radius 2 is 2.17 bits per heavy atom. The Bertz CT molecular complexity index is 261. The molecule has 0 aliphatic heterocycles. The van der Waals surface area contributed by atoms with Crippen molar-refractivity contribution in [1.82, 2.24) is 0 Å². The highest BCUT2D eigenvalue weighted by Crippen LogP contribution is 2.26. The van der Waals surface area contributed by atoms with E-state index in [0.29, 0.717) is 6.54 Å². The van der Waals surface area contributed by atoms with Crippen LogP contribution in [0.5, 0.6) is 5.75 Å². The lowest BCUT2D eigenvalue weighted by molar-refractivity contribution is 0.410. The number of methoxy groups -OCH3 is 1. The highest BCUT2D eigenvalue weighted by molar-refractivity contribution is 9.10. The Morgan fingerprint density at radius 3 is 2.67 bits per heavy atom. The summed E-state index contributed by atoms with van der Waals surface area (Å²) in [7, 11) is 1.66. The molecule has 0 aromatic heterocycles. The lowest BCUT2D eigenvalue weighted by Crippen LogP contribution is -2.00. The molecule has 0 radical (unpaired) electrons. The molecule has 0 aliphatic rings. The molecule has 1 rings (SSSR count). The van der Waals surface area contributed by atoms with Gasteiger partial charge in [-0.1, -0.05) is 15.9 Å². The molecule has 0 aliphatic carbocycles. The van der Waals surface area contributed by atoms with Crippen molar-refractivity contribution in [3.8, 4) is 5.75 Å². The minimum Gasteiger partial charge on any atom is -0.496 e. The van der Waals surface area contributed by atoms with Gasteiger partial charge in [0, 0.05) is 11.0 Å². The summed E-state index contributed by atoms with van der Waals surface area (Å²) in [6.07, 6.45) is 0. The van der Waals surface area contributed by atoms with Gasteiger partial charge in [-0.2, -0.15) is 0 Å². The van der Waals surface area contributed by atoms with Gasteiger partial charge in [0.15, 0.2) is 0 Å². The standard InChI is InChI=1S/C9H12BrNO/c1-6-7(5-11)3-8(10)4-9(6)12-2/h3-4H,5,11H2,1-2H3. The number of ether oxygens (including phenoxy) is 1. The predicted molar refractivity (Wildman–Crippen MR) is 53.3 cm³/mol. The highest BCUT2D eigenvalue weighted by Gasteiger charge is 2.04. The van der Waals surface area contributed by atoms with E-state index in [4.69, 9.17) is 10.5 Å². The number of hydrogen-bond acceptors (Lipinski definition) is 2. The summed E-state index contributed by atoms with van der Waals surface area (Å²) in [5, 5.41) is 0. The third-order valence-corrected chi connectivity index (χ3v) is 2.33. The topological polar surface area (TPSA) is 35.2 Å². The van der Waals surface area contributed by atoms with Gasteiger partial charge < -0.3 is 10.5 Å². The minimum atomic E-state index is 0.543. The van der Waals surface area contributed by atoms with E-state index in [1.807, 2.05) is 19.1 Å². The lowest BCUT2D eigenvalue weighted by Gasteiger charge is -2.09. The van der Waals surface area contributed by atoms with Crippen LogP contribution in [0.3, 0.4) is 0 Å². The fourth-order valence-electron chi connectivity index (χ4n) is 1.13. The van der Waals surface area contributed by atoms with Crippen molar-refractivity contribution < 1.29 is 4.74 Å². The Hall–Kier alpha value is -0.540. The van der Waals surface area contributed by atoms with Crippen molar-refractivity contribution in [2.75, 3.05) is 7.11 Å². The number of benzene rings is 1.